The lowest BCUT2D eigenvalue weighted by Crippen LogP contribution is -2.32. The van der Waals surface area contributed by atoms with Gasteiger partial charge in [0.1, 0.15) is 0 Å². The van der Waals surface area contributed by atoms with Gasteiger partial charge in [0.25, 0.3) is 0 Å². The maximum absolute atomic E-state index is 12.1. The molecule has 0 aromatic heterocycles. The van der Waals surface area contributed by atoms with Gasteiger partial charge in [-0.25, -0.2) is 9.59 Å². The van der Waals surface area contributed by atoms with E-state index in [4.69, 9.17) is 0 Å². The fourth-order valence-corrected chi connectivity index (χ4v) is 4.44. The molecule has 2 aromatic carbocycles. The summed E-state index contributed by atoms with van der Waals surface area (Å²) in [5.74, 6) is 0. The third-order valence-corrected chi connectivity index (χ3v) is 6.38. The highest BCUT2D eigenvalue weighted by atomic mass is 16.4. The number of hydrogen-bond donors (Lipinski definition) is 2. The van der Waals surface area contributed by atoms with Crippen molar-refractivity contribution in [2.24, 2.45) is 0 Å². The van der Waals surface area contributed by atoms with Crippen LogP contribution in [0.1, 0.15) is 89.2 Å². The van der Waals surface area contributed by atoms with E-state index in [2.05, 4.69) is 13.8 Å². The van der Waals surface area contributed by atoms with Crippen molar-refractivity contribution < 1.29 is 19.8 Å². The summed E-state index contributed by atoms with van der Waals surface area (Å²) in [7, 11) is 0. The van der Waals surface area contributed by atoms with E-state index >= 15 is 0 Å². The minimum absolute atomic E-state index is 0.455. The molecule has 0 unspecified atom stereocenters. The lowest BCUT2D eigenvalue weighted by atomic mass is 10.00. The number of anilines is 2. The predicted molar refractivity (Wildman–Crippen MR) is 144 cm³/mol. The molecule has 2 rings (SSSR count). The Morgan fingerprint density at radius 1 is 0.600 bits per heavy atom. The van der Waals surface area contributed by atoms with Crippen LogP contribution >= 0.6 is 0 Å². The van der Waals surface area contributed by atoms with Gasteiger partial charge in [-0.3, -0.25) is 9.80 Å². The van der Waals surface area contributed by atoms with Gasteiger partial charge in [-0.2, -0.15) is 0 Å². The number of hydrogen-bond acceptors (Lipinski definition) is 2. The normalized spacial score (nSPS) is 10.8. The molecule has 6 nitrogen and oxygen atoms in total. The van der Waals surface area contributed by atoms with Crippen LogP contribution in [0.15, 0.2) is 48.5 Å². The Balaban J connectivity index is 2.23. The van der Waals surface area contributed by atoms with Crippen LogP contribution in [0.25, 0.3) is 0 Å². The molecule has 2 aromatic rings. The predicted octanol–water partition coefficient (Wildman–Crippen LogP) is 8.19. The van der Waals surface area contributed by atoms with Crippen LogP contribution in [0.5, 0.6) is 0 Å². The van der Waals surface area contributed by atoms with Crippen molar-refractivity contribution in [2.45, 2.75) is 84.5 Å². The summed E-state index contributed by atoms with van der Waals surface area (Å²) < 4.78 is 0. The fraction of sp³-hybridized carbons (Fsp3) is 0.517. The van der Waals surface area contributed by atoms with Crippen molar-refractivity contribution in [2.75, 3.05) is 22.9 Å². The van der Waals surface area contributed by atoms with Crippen molar-refractivity contribution >= 4 is 23.6 Å². The minimum atomic E-state index is -0.958. The van der Waals surface area contributed by atoms with Crippen molar-refractivity contribution in [1.29, 1.82) is 0 Å². The summed E-state index contributed by atoms with van der Waals surface area (Å²) in [4.78, 5) is 27.1. The molecule has 0 radical (unpaired) electrons. The molecule has 0 heterocycles. The smallest absolute Gasteiger partial charge is 0.411 e. The summed E-state index contributed by atoms with van der Waals surface area (Å²) in [5, 5.41) is 19.9. The van der Waals surface area contributed by atoms with Crippen LogP contribution in [0.4, 0.5) is 21.0 Å². The molecule has 0 saturated heterocycles. The Kier molecular flexibility index (Phi) is 12.7. The van der Waals surface area contributed by atoms with Gasteiger partial charge >= 0.3 is 12.2 Å². The van der Waals surface area contributed by atoms with E-state index in [0.29, 0.717) is 30.9 Å². The van der Waals surface area contributed by atoms with Crippen molar-refractivity contribution in [3.05, 3.63) is 59.7 Å². The van der Waals surface area contributed by atoms with E-state index in [1.807, 2.05) is 48.5 Å². The molecule has 0 atom stereocenters. The number of unbranched alkanes of at least 4 members (excludes halogenated alkanes) is 8. The number of nitrogens with zero attached hydrogens (tertiary/aromatic N) is 2. The molecule has 35 heavy (non-hydrogen) atoms. The molecule has 192 valence electrons. The van der Waals surface area contributed by atoms with E-state index in [1.54, 1.807) is 0 Å². The first kappa shape index (κ1) is 28.2. The second-order valence-electron chi connectivity index (χ2n) is 9.13. The Labute approximate surface area is 210 Å². The van der Waals surface area contributed by atoms with Crippen LogP contribution in [0, 0.1) is 0 Å². The Bertz CT molecular complexity index is 842. The monoisotopic (exact) mass is 482 g/mol. The molecular formula is C29H42N2O4. The maximum atomic E-state index is 12.1. The Morgan fingerprint density at radius 3 is 1.34 bits per heavy atom. The second kappa shape index (κ2) is 15.8. The number of amides is 2. The number of rotatable bonds is 16. The second-order valence-corrected chi connectivity index (χ2v) is 9.13. The standard InChI is InChI=1S/C29H42N2O4/c1-3-5-7-9-15-21-30(28(32)33)26-19-13-11-17-24(26)23-25-18-12-14-20-27(25)31(29(34)35)22-16-10-8-6-4-2/h11-14,17-20H,3-10,15-16,21-23H2,1-2H3,(H,32,33)(H,34,35). The summed E-state index contributed by atoms with van der Waals surface area (Å²) in [6.07, 6.45) is 9.07. The first-order chi connectivity index (χ1) is 17.0. The van der Waals surface area contributed by atoms with Crippen LogP contribution in [0.2, 0.25) is 0 Å². The van der Waals surface area contributed by atoms with Gasteiger partial charge in [0, 0.05) is 19.5 Å². The zero-order valence-corrected chi connectivity index (χ0v) is 21.4. The van der Waals surface area contributed by atoms with Crippen LogP contribution in [0.3, 0.4) is 0 Å². The summed E-state index contributed by atoms with van der Waals surface area (Å²) in [6, 6.07) is 15.1. The molecule has 2 amide bonds. The van der Waals surface area contributed by atoms with Crippen LogP contribution < -0.4 is 9.80 Å². The summed E-state index contributed by atoms with van der Waals surface area (Å²) >= 11 is 0. The minimum Gasteiger partial charge on any atom is -0.465 e. The highest BCUT2D eigenvalue weighted by Gasteiger charge is 2.21. The molecule has 0 aliphatic heterocycles. The highest BCUT2D eigenvalue weighted by molar-refractivity contribution is 5.88. The lowest BCUT2D eigenvalue weighted by Gasteiger charge is -2.25. The third-order valence-electron chi connectivity index (χ3n) is 6.38. The average molecular weight is 483 g/mol. The lowest BCUT2D eigenvalue weighted by molar-refractivity contribution is 0.200. The first-order valence-corrected chi connectivity index (χ1v) is 13.2. The highest BCUT2D eigenvalue weighted by Crippen LogP contribution is 2.29. The SMILES string of the molecule is CCCCCCCN(C(=O)O)c1ccccc1Cc1ccccc1N(CCCCCCC)C(=O)O. The van der Waals surface area contributed by atoms with Gasteiger partial charge in [0.05, 0.1) is 11.4 Å². The quantitative estimate of drug-likeness (QED) is 0.236. The maximum Gasteiger partial charge on any atom is 0.411 e. The fourth-order valence-electron chi connectivity index (χ4n) is 4.44. The number of carboxylic acid groups (broad SMARTS) is 2. The third kappa shape index (κ3) is 9.27. The van der Waals surface area contributed by atoms with Crippen LogP contribution in [-0.2, 0) is 6.42 Å². The van der Waals surface area contributed by atoms with E-state index in [0.717, 1.165) is 62.5 Å². The summed E-state index contributed by atoms with van der Waals surface area (Å²) in [5.41, 5.74) is 3.10. The molecular weight excluding hydrogens is 440 g/mol. The van der Waals surface area contributed by atoms with E-state index in [9.17, 15) is 19.8 Å². The first-order valence-electron chi connectivity index (χ1n) is 13.2. The molecule has 0 saturated carbocycles. The molecule has 0 aliphatic rings. The zero-order chi connectivity index (χ0) is 25.5. The Hall–Kier alpha value is -3.02. The topological polar surface area (TPSA) is 81.1 Å². The van der Waals surface area contributed by atoms with Gasteiger partial charge in [-0.05, 0) is 36.1 Å². The number of carbonyl (C=O) groups is 2. The van der Waals surface area contributed by atoms with E-state index < -0.39 is 12.2 Å². The van der Waals surface area contributed by atoms with Gasteiger partial charge in [0.15, 0.2) is 0 Å². The molecule has 6 heteroatoms. The molecule has 0 aliphatic carbocycles. The number of benzene rings is 2. The Morgan fingerprint density at radius 2 is 0.971 bits per heavy atom. The van der Waals surface area contributed by atoms with Crippen molar-refractivity contribution in [1.82, 2.24) is 0 Å². The number of para-hydroxylation sites is 2. The van der Waals surface area contributed by atoms with Crippen molar-refractivity contribution in [3.63, 3.8) is 0 Å². The van der Waals surface area contributed by atoms with Gasteiger partial charge in [-0.1, -0.05) is 102 Å². The van der Waals surface area contributed by atoms with Gasteiger partial charge < -0.3 is 10.2 Å². The molecule has 0 fully saturated rings. The molecule has 2 N–H and O–H groups in total. The zero-order valence-electron chi connectivity index (χ0n) is 21.4. The largest absolute Gasteiger partial charge is 0.465 e. The van der Waals surface area contributed by atoms with Crippen LogP contribution in [-0.4, -0.2) is 35.5 Å². The van der Waals surface area contributed by atoms with Gasteiger partial charge in [0.2, 0.25) is 0 Å². The van der Waals surface area contributed by atoms with E-state index in [-0.39, 0.29) is 0 Å². The van der Waals surface area contributed by atoms with E-state index in [1.165, 1.54) is 22.6 Å². The summed E-state index contributed by atoms with van der Waals surface area (Å²) in [6.45, 7) is 5.23. The molecule has 0 spiro atoms. The molecule has 0 bridgehead atoms. The van der Waals surface area contributed by atoms with Gasteiger partial charge in [-0.15, -0.1) is 0 Å². The average Bonchev–Trinajstić information content (AvgIpc) is 2.84. The van der Waals surface area contributed by atoms with Crippen molar-refractivity contribution in [3.8, 4) is 0 Å².